The average Bonchev–Trinajstić information content (AvgIpc) is 2.97. The van der Waals surface area contributed by atoms with Gasteiger partial charge in [-0.05, 0) is 30.2 Å². The van der Waals surface area contributed by atoms with Crippen molar-refractivity contribution >= 4 is 11.8 Å². The van der Waals surface area contributed by atoms with Crippen LogP contribution in [0.3, 0.4) is 0 Å². The first-order valence-electron chi connectivity index (χ1n) is 9.95. The fourth-order valence-electron chi connectivity index (χ4n) is 3.70. The fraction of sp³-hybridized carbons (Fsp3) is 0.348. The van der Waals surface area contributed by atoms with E-state index in [1.54, 1.807) is 31.3 Å². The van der Waals surface area contributed by atoms with E-state index in [9.17, 15) is 19.1 Å². The summed E-state index contributed by atoms with van der Waals surface area (Å²) in [6.45, 7) is 1.55. The summed E-state index contributed by atoms with van der Waals surface area (Å²) in [6.07, 6.45) is 0.690. The molecule has 0 unspecified atom stereocenters. The van der Waals surface area contributed by atoms with Crippen molar-refractivity contribution in [3.05, 3.63) is 53.0 Å². The van der Waals surface area contributed by atoms with Gasteiger partial charge >= 0.3 is 0 Å². The van der Waals surface area contributed by atoms with Crippen molar-refractivity contribution in [3.8, 4) is 23.1 Å². The monoisotopic (exact) mass is 423 g/mol. The number of likely N-dealkylation sites (tertiary alicyclic amines) is 1. The first-order chi connectivity index (χ1) is 14.8. The summed E-state index contributed by atoms with van der Waals surface area (Å²) in [5.41, 5.74) is 5.14. The number of aliphatic hydroxyl groups is 1. The van der Waals surface area contributed by atoms with Crippen LogP contribution in [0, 0.1) is 23.6 Å². The highest BCUT2D eigenvalue weighted by molar-refractivity contribution is 5.93. The van der Waals surface area contributed by atoms with Crippen LogP contribution in [0.1, 0.15) is 28.0 Å². The second-order valence-electron chi connectivity index (χ2n) is 7.97. The van der Waals surface area contributed by atoms with Crippen molar-refractivity contribution in [1.29, 1.82) is 0 Å². The van der Waals surface area contributed by atoms with Crippen molar-refractivity contribution in [2.24, 2.45) is 11.7 Å². The highest BCUT2D eigenvalue weighted by Crippen LogP contribution is 2.27. The number of hydrogen-bond donors (Lipinski definition) is 2. The van der Waals surface area contributed by atoms with Crippen LogP contribution < -0.4 is 5.73 Å². The minimum absolute atomic E-state index is 0.0125. The molecule has 160 valence electrons. The molecular formula is C23H22FN3O4. The lowest BCUT2D eigenvalue weighted by molar-refractivity contribution is -0.137. The third kappa shape index (κ3) is 4.15. The number of amides is 2. The van der Waals surface area contributed by atoms with Gasteiger partial charge in [-0.3, -0.25) is 9.59 Å². The molecule has 2 aliphatic heterocycles. The molecule has 0 radical (unpaired) electrons. The quantitative estimate of drug-likeness (QED) is 0.717. The van der Waals surface area contributed by atoms with Gasteiger partial charge in [0.2, 0.25) is 5.60 Å². The van der Waals surface area contributed by atoms with Crippen molar-refractivity contribution in [3.63, 3.8) is 0 Å². The number of hydrogen-bond acceptors (Lipinski definition) is 5. The Balaban J connectivity index is 1.66. The summed E-state index contributed by atoms with van der Waals surface area (Å²) in [5.74, 6) is 3.91. The Hall–Kier alpha value is -3.28. The van der Waals surface area contributed by atoms with E-state index in [2.05, 4.69) is 16.8 Å². The molecule has 2 aliphatic rings. The molecular weight excluding hydrogens is 401 g/mol. The number of primary amides is 1. The minimum atomic E-state index is -1.72. The van der Waals surface area contributed by atoms with Gasteiger partial charge < -0.3 is 20.5 Å². The SMILES string of the molecule is CN1CC[C@@](O)(C#Cc2cccc(-c3nc(C(N)=O)c(CC4COC4)cc3F)c2)C1=O. The second kappa shape index (κ2) is 8.10. The molecule has 2 saturated heterocycles. The maximum Gasteiger partial charge on any atom is 0.267 e. The highest BCUT2D eigenvalue weighted by atomic mass is 19.1. The van der Waals surface area contributed by atoms with E-state index in [1.165, 1.54) is 11.0 Å². The molecule has 0 bridgehead atoms. The van der Waals surface area contributed by atoms with Crippen LogP contribution in [0.25, 0.3) is 11.3 Å². The van der Waals surface area contributed by atoms with Gasteiger partial charge in [0.25, 0.3) is 11.8 Å². The van der Waals surface area contributed by atoms with Gasteiger partial charge in [-0.2, -0.15) is 0 Å². The maximum absolute atomic E-state index is 14.9. The summed E-state index contributed by atoms with van der Waals surface area (Å²) in [7, 11) is 1.61. The molecule has 8 heteroatoms. The van der Waals surface area contributed by atoms with Gasteiger partial charge in [-0.15, -0.1) is 0 Å². The zero-order valence-electron chi connectivity index (χ0n) is 17.0. The van der Waals surface area contributed by atoms with Crippen LogP contribution in [-0.2, 0) is 16.0 Å². The Morgan fingerprint density at radius 3 is 2.81 bits per heavy atom. The largest absolute Gasteiger partial charge is 0.381 e. The van der Waals surface area contributed by atoms with E-state index < -0.39 is 23.2 Å². The number of nitrogens with two attached hydrogens (primary N) is 1. The Kier molecular flexibility index (Phi) is 5.48. The van der Waals surface area contributed by atoms with Crippen LogP contribution in [0.5, 0.6) is 0 Å². The first kappa shape index (κ1) is 21.0. The molecule has 31 heavy (non-hydrogen) atoms. The van der Waals surface area contributed by atoms with Crippen molar-refractivity contribution in [1.82, 2.24) is 9.88 Å². The van der Waals surface area contributed by atoms with Crippen molar-refractivity contribution in [2.75, 3.05) is 26.8 Å². The number of ether oxygens (including phenoxy) is 1. The van der Waals surface area contributed by atoms with Gasteiger partial charge in [0.15, 0.2) is 0 Å². The summed E-state index contributed by atoms with van der Waals surface area (Å²) < 4.78 is 20.0. The number of benzene rings is 1. The van der Waals surface area contributed by atoms with Crippen LogP contribution in [-0.4, -0.2) is 59.2 Å². The Labute approximate surface area is 179 Å². The average molecular weight is 423 g/mol. The van der Waals surface area contributed by atoms with Gasteiger partial charge in [-0.1, -0.05) is 24.0 Å². The second-order valence-corrected chi connectivity index (χ2v) is 7.97. The molecule has 3 N–H and O–H groups in total. The van der Waals surface area contributed by atoms with Crippen molar-refractivity contribution in [2.45, 2.75) is 18.4 Å². The van der Waals surface area contributed by atoms with E-state index in [4.69, 9.17) is 10.5 Å². The molecule has 2 amide bonds. The smallest absolute Gasteiger partial charge is 0.267 e. The van der Waals surface area contributed by atoms with Crippen LogP contribution in [0.15, 0.2) is 30.3 Å². The predicted octanol–water partition coefficient (Wildman–Crippen LogP) is 1.12. The number of carbonyl (C=O) groups is 2. The number of rotatable bonds is 4. The minimum Gasteiger partial charge on any atom is -0.381 e. The van der Waals surface area contributed by atoms with Crippen LogP contribution in [0.4, 0.5) is 4.39 Å². The zero-order chi connectivity index (χ0) is 22.2. The Morgan fingerprint density at radius 2 is 2.19 bits per heavy atom. The first-order valence-corrected chi connectivity index (χ1v) is 9.95. The lowest BCUT2D eigenvalue weighted by Gasteiger charge is -2.26. The highest BCUT2D eigenvalue weighted by Gasteiger charge is 2.42. The molecule has 4 rings (SSSR count). The van der Waals surface area contributed by atoms with E-state index in [-0.39, 0.29) is 23.7 Å². The molecule has 1 atom stereocenters. The Morgan fingerprint density at radius 1 is 1.42 bits per heavy atom. The molecule has 7 nitrogen and oxygen atoms in total. The lowest BCUT2D eigenvalue weighted by Crippen LogP contribution is -2.37. The molecule has 0 spiro atoms. The summed E-state index contributed by atoms with van der Waals surface area (Å²) in [4.78, 5) is 29.7. The molecule has 3 heterocycles. The number of halogens is 1. The molecule has 2 aromatic rings. The predicted molar refractivity (Wildman–Crippen MR) is 110 cm³/mol. The third-order valence-corrected chi connectivity index (χ3v) is 5.56. The third-order valence-electron chi connectivity index (χ3n) is 5.56. The molecule has 1 aromatic carbocycles. The van der Waals surface area contributed by atoms with E-state index in [0.29, 0.717) is 42.9 Å². The molecule has 0 aliphatic carbocycles. The summed E-state index contributed by atoms with van der Waals surface area (Å²) in [6, 6.07) is 7.88. The molecule has 0 saturated carbocycles. The van der Waals surface area contributed by atoms with Crippen LogP contribution in [0.2, 0.25) is 0 Å². The number of carbonyl (C=O) groups excluding carboxylic acids is 2. The van der Waals surface area contributed by atoms with Gasteiger partial charge in [0, 0.05) is 37.1 Å². The van der Waals surface area contributed by atoms with E-state index >= 15 is 0 Å². The number of aromatic nitrogens is 1. The van der Waals surface area contributed by atoms with Crippen molar-refractivity contribution < 1.29 is 23.8 Å². The standard InChI is InChI=1S/C23H22FN3O4/c1-27-8-7-23(30,22(27)29)6-5-14-3-2-4-16(9-14)19-18(24)11-17(10-15-12-31-13-15)20(26-19)21(25)28/h2-4,9,11,15,30H,7-8,10,12-13H2,1H3,(H2,25,28)/t23-/m0/s1. The Bertz CT molecular complexity index is 1120. The van der Waals surface area contributed by atoms with Gasteiger partial charge in [0.1, 0.15) is 17.2 Å². The topological polar surface area (TPSA) is 106 Å². The molecule has 2 fully saturated rings. The van der Waals surface area contributed by atoms with E-state index in [1.807, 2.05) is 0 Å². The fourth-order valence-corrected chi connectivity index (χ4v) is 3.70. The van der Waals surface area contributed by atoms with Gasteiger partial charge in [0.05, 0.1) is 13.2 Å². The zero-order valence-corrected chi connectivity index (χ0v) is 17.0. The van der Waals surface area contributed by atoms with Crippen LogP contribution >= 0.6 is 0 Å². The number of pyridine rings is 1. The summed E-state index contributed by atoms with van der Waals surface area (Å²) in [5, 5.41) is 10.4. The maximum atomic E-state index is 14.9. The van der Waals surface area contributed by atoms with E-state index in [0.717, 1.165) is 0 Å². The normalized spacial score (nSPS) is 20.9. The lowest BCUT2D eigenvalue weighted by atomic mass is 9.95. The summed E-state index contributed by atoms with van der Waals surface area (Å²) >= 11 is 0. The van der Waals surface area contributed by atoms with Gasteiger partial charge in [-0.25, -0.2) is 9.37 Å². The number of nitrogens with zero attached hydrogens (tertiary/aromatic N) is 2. The number of likely N-dealkylation sites (N-methyl/N-ethyl adjacent to an activating group) is 1. The molecule has 1 aromatic heterocycles.